The summed E-state index contributed by atoms with van der Waals surface area (Å²) in [6.45, 7) is 6.14. The average molecular weight is 334 g/mol. The van der Waals surface area contributed by atoms with Crippen molar-refractivity contribution in [2.24, 2.45) is 5.92 Å². The number of carbonyl (C=O) groups excluding carboxylic acids is 1. The standard InChI is InChI=1S/C17H26N4O3/c1-2-23-11-13-9-20(17(22)15-4-3-7-24-15)10-14-16(13)21(19-18-14)8-12-5-6-12/h12-13,15H,2-11H2,1H3/t13-,15+/m0/s1. The number of hydrogen-bond donors (Lipinski definition) is 0. The van der Waals surface area contributed by atoms with Gasteiger partial charge in [0.15, 0.2) is 0 Å². The van der Waals surface area contributed by atoms with Crippen LogP contribution in [0.15, 0.2) is 0 Å². The van der Waals surface area contributed by atoms with E-state index in [0.29, 0.717) is 32.9 Å². The topological polar surface area (TPSA) is 69.5 Å². The molecule has 7 nitrogen and oxygen atoms in total. The van der Waals surface area contributed by atoms with Crippen LogP contribution < -0.4 is 0 Å². The van der Waals surface area contributed by atoms with E-state index in [0.717, 1.165) is 31.0 Å². The molecular weight excluding hydrogens is 308 g/mol. The predicted molar refractivity (Wildman–Crippen MR) is 86.4 cm³/mol. The lowest BCUT2D eigenvalue weighted by atomic mass is 9.98. The zero-order valence-corrected chi connectivity index (χ0v) is 14.3. The molecule has 1 amide bonds. The summed E-state index contributed by atoms with van der Waals surface area (Å²) in [6, 6.07) is 0. The van der Waals surface area contributed by atoms with E-state index in [9.17, 15) is 4.79 Å². The van der Waals surface area contributed by atoms with E-state index in [1.54, 1.807) is 0 Å². The van der Waals surface area contributed by atoms with E-state index >= 15 is 0 Å². The predicted octanol–water partition coefficient (Wildman–Crippen LogP) is 1.33. The molecule has 2 fully saturated rings. The van der Waals surface area contributed by atoms with Gasteiger partial charge in [0.2, 0.25) is 0 Å². The van der Waals surface area contributed by atoms with Crippen LogP contribution in [0.3, 0.4) is 0 Å². The quantitative estimate of drug-likeness (QED) is 0.785. The summed E-state index contributed by atoms with van der Waals surface area (Å²) in [5.41, 5.74) is 2.10. The van der Waals surface area contributed by atoms with Crippen molar-refractivity contribution in [2.75, 3.05) is 26.4 Å². The Morgan fingerprint density at radius 1 is 1.38 bits per heavy atom. The lowest BCUT2D eigenvalue weighted by Gasteiger charge is -2.33. The number of amides is 1. The Hall–Kier alpha value is -1.47. The molecule has 4 rings (SSSR count). The highest BCUT2D eigenvalue weighted by atomic mass is 16.5. The molecule has 1 aromatic heterocycles. The third-order valence-corrected chi connectivity index (χ3v) is 5.18. The third-order valence-electron chi connectivity index (χ3n) is 5.18. The second kappa shape index (κ2) is 6.80. The molecule has 0 aromatic carbocycles. The molecule has 1 saturated carbocycles. The monoisotopic (exact) mass is 334 g/mol. The fourth-order valence-corrected chi connectivity index (χ4v) is 3.73. The maximum atomic E-state index is 12.7. The van der Waals surface area contributed by atoms with Crippen molar-refractivity contribution in [1.82, 2.24) is 19.9 Å². The van der Waals surface area contributed by atoms with Gasteiger partial charge in [0.1, 0.15) is 11.8 Å². The number of fused-ring (bicyclic) bond motifs is 1. The summed E-state index contributed by atoms with van der Waals surface area (Å²) < 4.78 is 13.3. The van der Waals surface area contributed by atoms with Crippen LogP contribution in [-0.2, 0) is 27.4 Å². The van der Waals surface area contributed by atoms with Gasteiger partial charge in [-0.15, -0.1) is 5.10 Å². The molecule has 1 aromatic rings. The number of hydrogen-bond acceptors (Lipinski definition) is 5. The molecule has 0 radical (unpaired) electrons. The van der Waals surface area contributed by atoms with Crippen molar-refractivity contribution in [3.63, 3.8) is 0 Å². The minimum absolute atomic E-state index is 0.0939. The fraction of sp³-hybridized carbons (Fsp3) is 0.824. The average Bonchev–Trinajstić information content (AvgIpc) is 3.09. The molecule has 3 aliphatic rings. The zero-order chi connectivity index (χ0) is 16.5. The zero-order valence-electron chi connectivity index (χ0n) is 14.3. The first kappa shape index (κ1) is 16.0. The molecule has 1 aliphatic carbocycles. The van der Waals surface area contributed by atoms with Crippen LogP contribution in [0.4, 0.5) is 0 Å². The van der Waals surface area contributed by atoms with Gasteiger partial charge in [-0.1, -0.05) is 5.21 Å². The van der Waals surface area contributed by atoms with Crippen molar-refractivity contribution in [3.05, 3.63) is 11.4 Å². The number of nitrogens with zero attached hydrogens (tertiary/aromatic N) is 4. The summed E-state index contributed by atoms with van der Waals surface area (Å²) >= 11 is 0. The summed E-state index contributed by atoms with van der Waals surface area (Å²) in [7, 11) is 0. The molecule has 2 aliphatic heterocycles. The number of rotatable bonds is 6. The Labute approximate surface area is 142 Å². The maximum Gasteiger partial charge on any atom is 0.252 e. The van der Waals surface area contributed by atoms with Crippen molar-refractivity contribution in [3.8, 4) is 0 Å². The van der Waals surface area contributed by atoms with Crippen LogP contribution in [-0.4, -0.2) is 58.3 Å². The van der Waals surface area contributed by atoms with Gasteiger partial charge < -0.3 is 14.4 Å². The largest absolute Gasteiger partial charge is 0.381 e. The van der Waals surface area contributed by atoms with Gasteiger partial charge in [-0.2, -0.15) is 0 Å². The molecule has 3 heterocycles. The minimum Gasteiger partial charge on any atom is -0.381 e. The Bertz CT molecular complexity index is 593. The highest BCUT2D eigenvalue weighted by Gasteiger charge is 2.37. The molecule has 0 spiro atoms. The van der Waals surface area contributed by atoms with Gasteiger partial charge in [0.05, 0.1) is 18.8 Å². The number of aromatic nitrogens is 3. The van der Waals surface area contributed by atoms with Crippen LogP contribution in [0.5, 0.6) is 0 Å². The summed E-state index contributed by atoms with van der Waals surface area (Å²) in [6.07, 6.45) is 4.09. The highest BCUT2D eigenvalue weighted by molar-refractivity contribution is 5.81. The van der Waals surface area contributed by atoms with E-state index in [4.69, 9.17) is 9.47 Å². The normalized spacial score (nSPS) is 26.6. The van der Waals surface area contributed by atoms with Crippen LogP contribution >= 0.6 is 0 Å². The van der Waals surface area contributed by atoms with Crippen molar-refractivity contribution < 1.29 is 14.3 Å². The Morgan fingerprint density at radius 2 is 2.25 bits per heavy atom. The van der Waals surface area contributed by atoms with Gasteiger partial charge in [-0.25, -0.2) is 4.68 Å². The second-order valence-electron chi connectivity index (χ2n) is 7.12. The summed E-state index contributed by atoms with van der Waals surface area (Å²) in [5, 5.41) is 8.75. The Balaban J connectivity index is 1.54. The van der Waals surface area contributed by atoms with E-state index in [2.05, 4.69) is 15.0 Å². The van der Waals surface area contributed by atoms with E-state index in [1.807, 2.05) is 11.8 Å². The van der Waals surface area contributed by atoms with Gasteiger partial charge in [-0.3, -0.25) is 4.79 Å². The molecule has 0 unspecified atom stereocenters. The van der Waals surface area contributed by atoms with E-state index in [-0.39, 0.29) is 17.9 Å². The van der Waals surface area contributed by atoms with E-state index < -0.39 is 0 Å². The van der Waals surface area contributed by atoms with Gasteiger partial charge in [-0.05, 0) is 38.5 Å². The maximum absolute atomic E-state index is 12.7. The molecule has 1 saturated heterocycles. The highest BCUT2D eigenvalue weighted by Crippen LogP contribution is 2.34. The Kier molecular flexibility index (Phi) is 4.54. The first-order valence-corrected chi connectivity index (χ1v) is 9.16. The molecule has 24 heavy (non-hydrogen) atoms. The second-order valence-corrected chi connectivity index (χ2v) is 7.12. The van der Waals surface area contributed by atoms with Crippen LogP contribution in [0.1, 0.15) is 49.9 Å². The SMILES string of the molecule is CCOC[C@@H]1CN(C(=O)[C@H]2CCCO2)Cc2nnn(CC3CC3)c21. The smallest absolute Gasteiger partial charge is 0.252 e. The number of ether oxygens (including phenoxy) is 2. The molecular formula is C17H26N4O3. The van der Waals surface area contributed by atoms with Gasteiger partial charge in [0, 0.05) is 32.2 Å². The summed E-state index contributed by atoms with van der Waals surface area (Å²) in [4.78, 5) is 14.6. The molecule has 0 N–H and O–H groups in total. The lowest BCUT2D eigenvalue weighted by Crippen LogP contribution is -2.44. The summed E-state index contributed by atoms with van der Waals surface area (Å²) in [5.74, 6) is 0.985. The van der Waals surface area contributed by atoms with Crippen LogP contribution in [0.25, 0.3) is 0 Å². The molecule has 7 heteroatoms. The first-order chi connectivity index (χ1) is 11.8. The van der Waals surface area contributed by atoms with E-state index in [1.165, 1.54) is 18.5 Å². The third kappa shape index (κ3) is 3.19. The van der Waals surface area contributed by atoms with Crippen molar-refractivity contribution in [2.45, 2.75) is 57.7 Å². The Morgan fingerprint density at radius 3 is 2.96 bits per heavy atom. The molecule has 2 atom stereocenters. The fourth-order valence-electron chi connectivity index (χ4n) is 3.73. The minimum atomic E-state index is -0.277. The molecule has 0 bridgehead atoms. The first-order valence-electron chi connectivity index (χ1n) is 9.16. The van der Waals surface area contributed by atoms with Gasteiger partial charge in [0.25, 0.3) is 5.91 Å². The number of carbonyl (C=O) groups is 1. The van der Waals surface area contributed by atoms with Crippen molar-refractivity contribution in [1.29, 1.82) is 0 Å². The lowest BCUT2D eigenvalue weighted by molar-refractivity contribution is -0.142. The van der Waals surface area contributed by atoms with Crippen molar-refractivity contribution >= 4 is 5.91 Å². The molecule has 132 valence electrons. The van der Waals surface area contributed by atoms with Crippen LogP contribution in [0.2, 0.25) is 0 Å². The van der Waals surface area contributed by atoms with Crippen LogP contribution in [0, 0.1) is 5.92 Å². The van der Waals surface area contributed by atoms with Gasteiger partial charge >= 0.3 is 0 Å².